The molecule has 0 bridgehead atoms. The molecule has 0 aliphatic heterocycles. The van der Waals surface area contributed by atoms with Crippen LogP contribution in [-0.2, 0) is 17.6 Å². The fourth-order valence-corrected chi connectivity index (χ4v) is 1.83. The van der Waals surface area contributed by atoms with E-state index in [0.29, 0.717) is 0 Å². The summed E-state index contributed by atoms with van der Waals surface area (Å²) in [7, 11) is 0. The third-order valence-electron chi connectivity index (χ3n) is 3.02. The van der Waals surface area contributed by atoms with Crippen molar-refractivity contribution in [3.8, 4) is 0 Å². The molecule has 0 saturated heterocycles. The second-order valence-corrected chi connectivity index (χ2v) is 4.91. The van der Waals surface area contributed by atoms with Crippen LogP contribution in [-0.4, -0.2) is 30.8 Å². The van der Waals surface area contributed by atoms with Crippen molar-refractivity contribution >= 4 is 0 Å². The third kappa shape index (κ3) is 5.19. The van der Waals surface area contributed by atoms with E-state index >= 15 is 0 Å². The summed E-state index contributed by atoms with van der Waals surface area (Å²) in [5.41, 5.74) is 0. The molecule has 0 radical (unpaired) electrons. The van der Waals surface area contributed by atoms with Crippen LogP contribution in [0.5, 0.6) is 0 Å². The zero-order chi connectivity index (χ0) is 12.6. The molecule has 1 heterocycles. The van der Waals surface area contributed by atoms with Crippen molar-refractivity contribution < 1.29 is 9.15 Å². The van der Waals surface area contributed by atoms with Crippen molar-refractivity contribution in [3.63, 3.8) is 0 Å². The quantitative estimate of drug-likeness (QED) is 0.649. The van der Waals surface area contributed by atoms with Gasteiger partial charge in [-0.05, 0) is 32.2 Å². The molecule has 1 aromatic rings. The molecule has 1 N–H and O–H groups in total. The van der Waals surface area contributed by atoms with E-state index in [2.05, 4.69) is 17.2 Å². The van der Waals surface area contributed by atoms with Crippen LogP contribution in [0.1, 0.15) is 44.3 Å². The predicted molar refractivity (Wildman–Crippen MR) is 70.7 cm³/mol. The molecule has 4 heteroatoms. The molecular weight excluding hydrogens is 228 g/mol. The Balaban J connectivity index is 1.56. The van der Waals surface area contributed by atoms with E-state index in [4.69, 9.17) is 9.15 Å². The van der Waals surface area contributed by atoms with Gasteiger partial charge in [0.2, 0.25) is 0 Å². The number of hydrogen-bond donors (Lipinski definition) is 1. The minimum absolute atomic E-state index is 0.728. The van der Waals surface area contributed by atoms with E-state index in [1.807, 2.05) is 6.20 Å². The summed E-state index contributed by atoms with van der Waals surface area (Å²) in [5, 5.41) is 3.49. The maximum atomic E-state index is 5.67. The summed E-state index contributed by atoms with van der Waals surface area (Å²) in [6, 6.07) is 0.792. The Labute approximate surface area is 109 Å². The zero-order valence-corrected chi connectivity index (χ0v) is 11.3. The number of hydrogen-bond acceptors (Lipinski definition) is 4. The summed E-state index contributed by atoms with van der Waals surface area (Å²) in [6.07, 6.45) is 8.45. The van der Waals surface area contributed by atoms with Crippen molar-refractivity contribution in [2.75, 3.05) is 19.8 Å². The van der Waals surface area contributed by atoms with Gasteiger partial charge in [0.05, 0.1) is 12.8 Å². The Hall–Kier alpha value is -0.870. The first-order chi connectivity index (χ1) is 8.88. The second kappa shape index (κ2) is 7.54. The standard InChI is InChI=1S/C14H24N2O2/c1-2-9-17-10-7-13-11-16-14(18-13)4-3-8-15-12-5-6-12/h11-12,15H,2-10H2,1H3. The van der Waals surface area contributed by atoms with Gasteiger partial charge in [-0.15, -0.1) is 0 Å². The van der Waals surface area contributed by atoms with Crippen LogP contribution in [0, 0.1) is 0 Å². The average Bonchev–Trinajstić information content (AvgIpc) is 3.10. The van der Waals surface area contributed by atoms with E-state index in [9.17, 15) is 0 Å². The predicted octanol–water partition coefficient (Wildman–Crippen LogP) is 2.33. The van der Waals surface area contributed by atoms with Crippen molar-refractivity contribution in [3.05, 3.63) is 17.8 Å². The van der Waals surface area contributed by atoms with Crippen LogP contribution in [0.4, 0.5) is 0 Å². The average molecular weight is 252 g/mol. The van der Waals surface area contributed by atoms with Crippen LogP contribution in [0.3, 0.4) is 0 Å². The van der Waals surface area contributed by atoms with Gasteiger partial charge in [-0.2, -0.15) is 0 Å². The van der Waals surface area contributed by atoms with Gasteiger partial charge in [0.1, 0.15) is 5.76 Å². The van der Waals surface area contributed by atoms with E-state index in [1.165, 1.54) is 12.8 Å². The molecule has 1 saturated carbocycles. The molecule has 102 valence electrons. The van der Waals surface area contributed by atoms with Gasteiger partial charge < -0.3 is 14.5 Å². The van der Waals surface area contributed by atoms with E-state index in [-0.39, 0.29) is 0 Å². The normalized spacial score (nSPS) is 15.2. The molecule has 0 atom stereocenters. The molecule has 2 rings (SSSR count). The summed E-state index contributed by atoms with van der Waals surface area (Å²) in [6.45, 7) is 4.74. The lowest BCUT2D eigenvalue weighted by Gasteiger charge is -2.00. The fourth-order valence-electron chi connectivity index (χ4n) is 1.83. The minimum atomic E-state index is 0.728. The highest BCUT2D eigenvalue weighted by Gasteiger charge is 2.19. The Morgan fingerprint density at radius 1 is 1.39 bits per heavy atom. The van der Waals surface area contributed by atoms with Crippen molar-refractivity contribution in [1.82, 2.24) is 10.3 Å². The monoisotopic (exact) mass is 252 g/mol. The number of nitrogens with zero attached hydrogens (tertiary/aromatic N) is 1. The summed E-state index contributed by atoms with van der Waals surface area (Å²) in [4.78, 5) is 4.30. The Morgan fingerprint density at radius 2 is 2.28 bits per heavy atom. The SMILES string of the molecule is CCCOCCc1cnc(CCCNC2CC2)o1. The van der Waals surface area contributed by atoms with Crippen LogP contribution in [0.15, 0.2) is 10.6 Å². The largest absolute Gasteiger partial charge is 0.446 e. The van der Waals surface area contributed by atoms with Crippen molar-refractivity contribution in [2.24, 2.45) is 0 Å². The van der Waals surface area contributed by atoms with Crippen LogP contribution >= 0.6 is 0 Å². The summed E-state index contributed by atoms with van der Waals surface area (Å²) in [5.74, 6) is 1.80. The van der Waals surface area contributed by atoms with Crippen LogP contribution < -0.4 is 5.32 Å². The van der Waals surface area contributed by atoms with Crippen molar-refractivity contribution in [2.45, 2.75) is 51.5 Å². The lowest BCUT2D eigenvalue weighted by molar-refractivity contribution is 0.134. The summed E-state index contributed by atoms with van der Waals surface area (Å²) >= 11 is 0. The first-order valence-corrected chi connectivity index (χ1v) is 7.13. The Kier molecular flexibility index (Phi) is 5.68. The smallest absolute Gasteiger partial charge is 0.194 e. The van der Waals surface area contributed by atoms with Gasteiger partial charge in [0.25, 0.3) is 0 Å². The van der Waals surface area contributed by atoms with Crippen molar-refractivity contribution in [1.29, 1.82) is 0 Å². The van der Waals surface area contributed by atoms with Gasteiger partial charge in [-0.1, -0.05) is 6.92 Å². The molecule has 1 aliphatic rings. The number of rotatable bonds is 10. The lowest BCUT2D eigenvalue weighted by Crippen LogP contribution is -2.17. The van der Waals surface area contributed by atoms with E-state index < -0.39 is 0 Å². The highest BCUT2D eigenvalue weighted by atomic mass is 16.5. The van der Waals surface area contributed by atoms with E-state index in [1.54, 1.807) is 0 Å². The maximum absolute atomic E-state index is 5.67. The second-order valence-electron chi connectivity index (χ2n) is 4.91. The Morgan fingerprint density at radius 3 is 3.06 bits per heavy atom. The Bertz CT molecular complexity index is 334. The van der Waals surface area contributed by atoms with Gasteiger partial charge in [0.15, 0.2) is 5.89 Å². The topological polar surface area (TPSA) is 47.3 Å². The number of oxazole rings is 1. The molecule has 0 unspecified atom stereocenters. The molecule has 1 fully saturated rings. The van der Waals surface area contributed by atoms with Crippen LogP contribution in [0.25, 0.3) is 0 Å². The highest BCUT2D eigenvalue weighted by Crippen LogP contribution is 2.18. The van der Waals surface area contributed by atoms with Gasteiger partial charge in [-0.25, -0.2) is 4.98 Å². The fraction of sp³-hybridized carbons (Fsp3) is 0.786. The number of aromatic nitrogens is 1. The third-order valence-corrected chi connectivity index (χ3v) is 3.02. The number of aryl methyl sites for hydroxylation is 1. The van der Waals surface area contributed by atoms with Gasteiger partial charge in [0, 0.05) is 25.5 Å². The zero-order valence-electron chi connectivity index (χ0n) is 11.3. The molecule has 1 aromatic heterocycles. The molecule has 0 amide bonds. The van der Waals surface area contributed by atoms with Gasteiger partial charge >= 0.3 is 0 Å². The van der Waals surface area contributed by atoms with E-state index in [0.717, 1.165) is 63.1 Å². The van der Waals surface area contributed by atoms with Gasteiger partial charge in [-0.3, -0.25) is 0 Å². The first kappa shape index (κ1) is 13.6. The molecule has 4 nitrogen and oxygen atoms in total. The molecule has 0 aromatic carbocycles. The number of ether oxygens (including phenoxy) is 1. The first-order valence-electron chi connectivity index (χ1n) is 7.13. The summed E-state index contributed by atoms with van der Waals surface area (Å²) < 4.78 is 11.1. The van der Waals surface area contributed by atoms with Crippen LogP contribution in [0.2, 0.25) is 0 Å². The lowest BCUT2D eigenvalue weighted by atomic mass is 10.3. The molecule has 18 heavy (non-hydrogen) atoms. The number of nitrogens with one attached hydrogen (secondary N) is 1. The minimum Gasteiger partial charge on any atom is -0.446 e. The highest BCUT2D eigenvalue weighted by molar-refractivity contribution is 4.94. The molecule has 0 spiro atoms. The maximum Gasteiger partial charge on any atom is 0.194 e. The molecule has 1 aliphatic carbocycles. The molecular formula is C14H24N2O2.